The Hall–Kier alpha value is -0.540. The van der Waals surface area contributed by atoms with E-state index in [1.165, 1.54) is 11.3 Å². The number of thiophene rings is 1. The van der Waals surface area contributed by atoms with Crippen LogP contribution in [0.2, 0.25) is 4.34 Å². The van der Waals surface area contributed by atoms with Crippen LogP contribution in [0.15, 0.2) is 6.07 Å². The summed E-state index contributed by atoms with van der Waals surface area (Å²) in [5, 5.41) is 0. The first kappa shape index (κ1) is 9.55. The molecule has 0 amide bonds. The highest BCUT2D eigenvalue weighted by Gasteiger charge is 2.11. The second-order valence-electron chi connectivity index (χ2n) is 2.29. The van der Waals surface area contributed by atoms with Crippen molar-refractivity contribution in [3.05, 3.63) is 20.8 Å². The second kappa shape index (κ2) is 3.92. The standard InChI is InChI=1S/C8H9ClO2S/c1-3-11-8(10)6-4-5(2)7(9)12-6/h4H,3H2,1-2H3. The van der Waals surface area contributed by atoms with Gasteiger partial charge in [-0.3, -0.25) is 0 Å². The number of aryl methyl sites for hydroxylation is 1. The number of carbonyl (C=O) groups excluding carboxylic acids is 1. The van der Waals surface area contributed by atoms with Crippen LogP contribution in [-0.2, 0) is 4.74 Å². The van der Waals surface area contributed by atoms with Crippen molar-refractivity contribution in [3.63, 3.8) is 0 Å². The molecule has 4 heteroatoms. The van der Waals surface area contributed by atoms with Crippen molar-refractivity contribution in [2.45, 2.75) is 13.8 Å². The summed E-state index contributed by atoms with van der Waals surface area (Å²) in [6, 6.07) is 1.74. The molecular weight excluding hydrogens is 196 g/mol. The van der Waals surface area contributed by atoms with Crippen LogP contribution < -0.4 is 0 Å². The molecule has 66 valence electrons. The van der Waals surface area contributed by atoms with Crippen molar-refractivity contribution in [3.8, 4) is 0 Å². The molecule has 1 heterocycles. The number of hydrogen-bond acceptors (Lipinski definition) is 3. The van der Waals surface area contributed by atoms with E-state index < -0.39 is 0 Å². The van der Waals surface area contributed by atoms with Crippen LogP contribution in [0.3, 0.4) is 0 Å². The third-order valence-electron chi connectivity index (χ3n) is 1.33. The van der Waals surface area contributed by atoms with E-state index in [4.69, 9.17) is 16.3 Å². The molecule has 12 heavy (non-hydrogen) atoms. The van der Waals surface area contributed by atoms with Gasteiger partial charge in [0.1, 0.15) is 4.88 Å². The van der Waals surface area contributed by atoms with Crippen molar-refractivity contribution in [2.75, 3.05) is 6.61 Å². The van der Waals surface area contributed by atoms with Gasteiger partial charge in [-0.25, -0.2) is 4.79 Å². The van der Waals surface area contributed by atoms with E-state index in [1.807, 2.05) is 6.92 Å². The van der Waals surface area contributed by atoms with Gasteiger partial charge in [0, 0.05) is 0 Å². The normalized spacial score (nSPS) is 9.92. The first-order valence-electron chi connectivity index (χ1n) is 3.58. The Morgan fingerprint density at radius 2 is 2.42 bits per heavy atom. The van der Waals surface area contributed by atoms with Crippen LogP contribution in [0.5, 0.6) is 0 Å². The minimum Gasteiger partial charge on any atom is -0.462 e. The molecule has 0 saturated carbocycles. The SMILES string of the molecule is CCOC(=O)c1cc(C)c(Cl)s1. The molecule has 1 rings (SSSR count). The summed E-state index contributed by atoms with van der Waals surface area (Å²) in [5.41, 5.74) is 0.921. The molecule has 0 fully saturated rings. The van der Waals surface area contributed by atoms with E-state index >= 15 is 0 Å². The van der Waals surface area contributed by atoms with Crippen LogP contribution >= 0.6 is 22.9 Å². The maximum atomic E-state index is 11.1. The molecule has 0 unspecified atom stereocenters. The summed E-state index contributed by atoms with van der Waals surface area (Å²) in [6.45, 7) is 4.04. The third-order valence-corrected chi connectivity index (χ3v) is 2.87. The van der Waals surface area contributed by atoms with Crippen LogP contribution in [0, 0.1) is 6.92 Å². The Balaban J connectivity index is 2.82. The van der Waals surface area contributed by atoms with Gasteiger partial charge in [-0.1, -0.05) is 11.6 Å². The van der Waals surface area contributed by atoms with E-state index in [1.54, 1.807) is 13.0 Å². The van der Waals surface area contributed by atoms with Gasteiger partial charge in [0.2, 0.25) is 0 Å². The fourth-order valence-corrected chi connectivity index (χ4v) is 1.86. The van der Waals surface area contributed by atoms with E-state index in [2.05, 4.69) is 0 Å². The zero-order valence-electron chi connectivity index (χ0n) is 6.89. The summed E-state index contributed by atoms with van der Waals surface area (Å²) in [7, 11) is 0. The van der Waals surface area contributed by atoms with Gasteiger partial charge >= 0.3 is 5.97 Å². The third kappa shape index (κ3) is 1.99. The van der Waals surface area contributed by atoms with Crippen LogP contribution in [0.4, 0.5) is 0 Å². The van der Waals surface area contributed by atoms with Gasteiger partial charge in [-0.15, -0.1) is 11.3 Å². The Morgan fingerprint density at radius 3 is 2.83 bits per heavy atom. The largest absolute Gasteiger partial charge is 0.462 e. The average molecular weight is 205 g/mol. The zero-order valence-corrected chi connectivity index (χ0v) is 8.46. The summed E-state index contributed by atoms with van der Waals surface area (Å²) >= 11 is 7.04. The molecule has 0 aliphatic heterocycles. The van der Waals surface area contributed by atoms with Crippen LogP contribution in [0.1, 0.15) is 22.2 Å². The van der Waals surface area contributed by atoms with Crippen molar-refractivity contribution >= 4 is 28.9 Å². The Bertz CT molecular complexity index is 274. The molecule has 0 spiro atoms. The minimum absolute atomic E-state index is 0.294. The van der Waals surface area contributed by atoms with E-state index in [0.29, 0.717) is 15.8 Å². The van der Waals surface area contributed by atoms with Gasteiger partial charge < -0.3 is 4.74 Å². The van der Waals surface area contributed by atoms with Crippen molar-refractivity contribution in [2.24, 2.45) is 0 Å². The van der Waals surface area contributed by atoms with E-state index in [-0.39, 0.29) is 5.97 Å². The lowest BCUT2D eigenvalue weighted by molar-refractivity contribution is 0.0532. The first-order chi connectivity index (χ1) is 5.65. The predicted molar refractivity (Wildman–Crippen MR) is 50.0 cm³/mol. The highest BCUT2D eigenvalue weighted by Crippen LogP contribution is 2.27. The number of esters is 1. The Kier molecular flexibility index (Phi) is 3.12. The molecule has 0 radical (unpaired) electrons. The predicted octanol–water partition coefficient (Wildman–Crippen LogP) is 2.89. The lowest BCUT2D eigenvalue weighted by Gasteiger charge is -1.95. The monoisotopic (exact) mass is 204 g/mol. The number of hydrogen-bond donors (Lipinski definition) is 0. The summed E-state index contributed by atoms with van der Waals surface area (Å²) in [5.74, 6) is -0.294. The van der Waals surface area contributed by atoms with Crippen molar-refractivity contribution < 1.29 is 9.53 Å². The summed E-state index contributed by atoms with van der Waals surface area (Å²) in [4.78, 5) is 11.7. The number of ether oxygens (including phenoxy) is 1. The molecule has 0 aliphatic carbocycles. The first-order valence-corrected chi connectivity index (χ1v) is 4.77. The molecule has 0 atom stereocenters. The van der Waals surface area contributed by atoms with Gasteiger partial charge in [0.25, 0.3) is 0 Å². The Morgan fingerprint density at radius 1 is 1.75 bits per heavy atom. The quantitative estimate of drug-likeness (QED) is 0.693. The van der Waals surface area contributed by atoms with Gasteiger partial charge in [-0.05, 0) is 25.5 Å². The molecule has 0 saturated heterocycles. The maximum absolute atomic E-state index is 11.1. The van der Waals surface area contributed by atoms with Crippen LogP contribution in [-0.4, -0.2) is 12.6 Å². The second-order valence-corrected chi connectivity index (χ2v) is 3.94. The highest BCUT2D eigenvalue weighted by atomic mass is 35.5. The molecule has 1 aromatic rings. The Labute approximate surface area is 80.1 Å². The number of carbonyl (C=O) groups is 1. The summed E-state index contributed by atoms with van der Waals surface area (Å²) in [6.07, 6.45) is 0. The van der Waals surface area contributed by atoms with Gasteiger partial charge in [0.15, 0.2) is 0 Å². The van der Waals surface area contributed by atoms with Crippen molar-refractivity contribution in [1.82, 2.24) is 0 Å². The zero-order chi connectivity index (χ0) is 9.14. The topological polar surface area (TPSA) is 26.3 Å². The fraction of sp³-hybridized carbons (Fsp3) is 0.375. The fourth-order valence-electron chi connectivity index (χ4n) is 0.763. The lowest BCUT2D eigenvalue weighted by atomic mass is 10.3. The molecule has 0 aliphatic rings. The van der Waals surface area contributed by atoms with E-state index in [9.17, 15) is 4.79 Å². The van der Waals surface area contributed by atoms with Crippen molar-refractivity contribution in [1.29, 1.82) is 0 Å². The molecular formula is C8H9ClO2S. The number of rotatable bonds is 2. The molecule has 0 N–H and O–H groups in total. The smallest absolute Gasteiger partial charge is 0.348 e. The molecule has 0 bridgehead atoms. The van der Waals surface area contributed by atoms with E-state index in [0.717, 1.165) is 5.56 Å². The number of halogens is 1. The highest BCUT2D eigenvalue weighted by molar-refractivity contribution is 7.18. The minimum atomic E-state index is -0.294. The van der Waals surface area contributed by atoms with Gasteiger partial charge in [0.05, 0.1) is 10.9 Å². The van der Waals surface area contributed by atoms with Crippen LogP contribution in [0.25, 0.3) is 0 Å². The molecule has 2 nitrogen and oxygen atoms in total. The lowest BCUT2D eigenvalue weighted by Crippen LogP contribution is -2.01. The summed E-state index contributed by atoms with van der Waals surface area (Å²) < 4.78 is 5.46. The average Bonchev–Trinajstić information content (AvgIpc) is 2.33. The molecule has 0 aromatic carbocycles. The maximum Gasteiger partial charge on any atom is 0.348 e. The van der Waals surface area contributed by atoms with Gasteiger partial charge in [-0.2, -0.15) is 0 Å². The molecule has 1 aromatic heterocycles.